The highest BCUT2D eigenvalue weighted by molar-refractivity contribution is 4.75. The zero-order valence-corrected chi connectivity index (χ0v) is 8.51. The third-order valence-electron chi connectivity index (χ3n) is 2.26. The molecular weight excluding hydrogens is 150 g/mol. The van der Waals surface area contributed by atoms with Crippen LogP contribution in [0.2, 0.25) is 0 Å². The second-order valence-electron chi connectivity index (χ2n) is 5.07. The Morgan fingerprint density at radius 2 is 1.75 bits per heavy atom. The number of nitrogens with zero attached hydrogens (tertiary/aromatic N) is 1. The molecular formula is C10H21NO. The van der Waals surface area contributed by atoms with Crippen molar-refractivity contribution >= 4 is 0 Å². The topological polar surface area (TPSA) is 23.5 Å². The van der Waals surface area contributed by atoms with Crippen LogP contribution < -0.4 is 0 Å². The summed E-state index contributed by atoms with van der Waals surface area (Å²) in [5.41, 5.74) is 0.391. The largest absolute Gasteiger partial charge is 0.393 e. The molecule has 1 heterocycles. The van der Waals surface area contributed by atoms with Gasteiger partial charge < -0.3 is 10.0 Å². The molecule has 2 heteroatoms. The molecule has 0 spiro atoms. The molecule has 0 unspecified atom stereocenters. The lowest BCUT2D eigenvalue weighted by Gasteiger charge is -2.34. The zero-order valence-electron chi connectivity index (χ0n) is 8.51. The van der Waals surface area contributed by atoms with Gasteiger partial charge in [0.25, 0.3) is 0 Å². The van der Waals surface area contributed by atoms with E-state index in [0.717, 1.165) is 32.5 Å². The lowest BCUT2D eigenvalue weighted by molar-refractivity contribution is 0.0664. The van der Waals surface area contributed by atoms with E-state index < -0.39 is 0 Å². The van der Waals surface area contributed by atoms with Crippen molar-refractivity contribution in [1.29, 1.82) is 0 Å². The maximum absolute atomic E-state index is 9.30. The van der Waals surface area contributed by atoms with E-state index in [0.29, 0.717) is 5.41 Å². The molecule has 0 radical (unpaired) electrons. The van der Waals surface area contributed by atoms with Gasteiger partial charge in [-0.3, -0.25) is 0 Å². The Morgan fingerprint density at radius 1 is 1.25 bits per heavy atom. The number of hydrogen-bond donors (Lipinski definition) is 1. The molecule has 0 atom stereocenters. The summed E-state index contributed by atoms with van der Waals surface area (Å²) in [6.07, 6.45) is 1.87. The van der Waals surface area contributed by atoms with Crippen LogP contribution in [0.4, 0.5) is 0 Å². The molecule has 0 aromatic rings. The van der Waals surface area contributed by atoms with E-state index in [2.05, 4.69) is 25.7 Å². The van der Waals surface area contributed by atoms with Gasteiger partial charge in [0, 0.05) is 19.6 Å². The van der Waals surface area contributed by atoms with Crippen molar-refractivity contribution in [2.24, 2.45) is 5.41 Å². The van der Waals surface area contributed by atoms with Crippen LogP contribution in [0.5, 0.6) is 0 Å². The van der Waals surface area contributed by atoms with Gasteiger partial charge in [0.1, 0.15) is 0 Å². The average Bonchev–Trinajstić information content (AvgIpc) is 1.91. The Labute approximate surface area is 75.6 Å². The Kier molecular flexibility index (Phi) is 3.13. The van der Waals surface area contributed by atoms with Crippen molar-refractivity contribution in [3.8, 4) is 0 Å². The number of hydrogen-bond acceptors (Lipinski definition) is 2. The molecule has 12 heavy (non-hydrogen) atoms. The smallest absolute Gasteiger partial charge is 0.0564 e. The first-order valence-corrected chi connectivity index (χ1v) is 4.88. The molecule has 0 saturated carbocycles. The van der Waals surface area contributed by atoms with Crippen LogP contribution in [0, 0.1) is 5.41 Å². The molecule has 2 nitrogen and oxygen atoms in total. The Balaban J connectivity index is 2.26. The van der Waals surface area contributed by atoms with Crippen LogP contribution in [0.25, 0.3) is 0 Å². The lowest BCUT2D eigenvalue weighted by Crippen LogP contribution is -2.40. The van der Waals surface area contributed by atoms with Gasteiger partial charge in [-0.1, -0.05) is 20.8 Å². The van der Waals surface area contributed by atoms with Crippen LogP contribution in [0.1, 0.15) is 33.6 Å². The van der Waals surface area contributed by atoms with Crippen molar-refractivity contribution in [3.63, 3.8) is 0 Å². The first-order chi connectivity index (χ1) is 5.47. The monoisotopic (exact) mass is 171 g/mol. The Bertz CT molecular complexity index is 131. The molecule has 1 saturated heterocycles. The summed E-state index contributed by atoms with van der Waals surface area (Å²) in [7, 11) is 0. The summed E-state index contributed by atoms with van der Waals surface area (Å²) in [6.45, 7) is 10.1. The standard InChI is InChI=1S/C10H21NO/c1-10(2,3)8-11-6-4-9(12)5-7-11/h9,12H,4-8H2,1-3H3. The van der Waals surface area contributed by atoms with Gasteiger partial charge in [0.15, 0.2) is 0 Å². The number of aliphatic hydroxyl groups is 1. The fraction of sp³-hybridized carbons (Fsp3) is 1.00. The number of aliphatic hydroxyl groups excluding tert-OH is 1. The predicted octanol–water partition coefficient (Wildman–Crippen LogP) is 1.49. The second-order valence-corrected chi connectivity index (χ2v) is 5.07. The van der Waals surface area contributed by atoms with Gasteiger partial charge in [-0.15, -0.1) is 0 Å². The summed E-state index contributed by atoms with van der Waals surface area (Å²) in [5.74, 6) is 0. The first kappa shape index (κ1) is 10.0. The van der Waals surface area contributed by atoms with Crippen LogP contribution in [0.3, 0.4) is 0 Å². The van der Waals surface area contributed by atoms with Crippen molar-refractivity contribution < 1.29 is 5.11 Å². The van der Waals surface area contributed by atoms with Gasteiger partial charge in [-0.2, -0.15) is 0 Å². The third-order valence-corrected chi connectivity index (χ3v) is 2.26. The van der Waals surface area contributed by atoms with Crippen LogP contribution in [0.15, 0.2) is 0 Å². The molecule has 1 fully saturated rings. The molecule has 1 aliphatic rings. The van der Waals surface area contributed by atoms with Crippen LogP contribution >= 0.6 is 0 Å². The summed E-state index contributed by atoms with van der Waals surface area (Å²) in [4.78, 5) is 2.45. The van der Waals surface area contributed by atoms with Crippen molar-refractivity contribution in [2.75, 3.05) is 19.6 Å². The highest BCUT2D eigenvalue weighted by Gasteiger charge is 2.21. The minimum atomic E-state index is -0.0405. The quantitative estimate of drug-likeness (QED) is 0.646. The Morgan fingerprint density at radius 3 is 2.17 bits per heavy atom. The van der Waals surface area contributed by atoms with Crippen LogP contribution in [-0.2, 0) is 0 Å². The molecule has 0 aliphatic carbocycles. The average molecular weight is 171 g/mol. The van der Waals surface area contributed by atoms with E-state index in [-0.39, 0.29) is 6.10 Å². The van der Waals surface area contributed by atoms with Crippen molar-refractivity contribution in [2.45, 2.75) is 39.7 Å². The van der Waals surface area contributed by atoms with Crippen molar-refractivity contribution in [1.82, 2.24) is 4.90 Å². The SMILES string of the molecule is CC(C)(C)CN1CCC(O)CC1. The van der Waals surface area contributed by atoms with Gasteiger partial charge in [0.2, 0.25) is 0 Å². The molecule has 0 aromatic heterocycles. The minimum Gasteiger partial charge on any atom is -0.393 e. The van der Waals surface area contributed by atoms with E-state index in [9.17, 15) is 5.11 Å². The highest BCUT2D eigenvalue weighted by atomic mass is 16.3. The van der Waals surface area contributed by atoms with Gasteiger partial charge >= 0.3 is 0 Å². The number of rotatable bonds is 1. The first-order valence-electron chi connectivity index (χ1n) is 4.88. The lowest BCUT2D eigenvalue weighted by atomic mass is 9.94. The highest BCUT2D eigenvalue weighted by Crippen LogP contribution is 2.18. The minimum absolute atomic E-state index is 0.0405. The summed E-state index contributed by atoms with van der Waals surface area (Å²) >= 11 is 0. The molecule has 1 rings (SSSR count). The molecule has 1 aliphatic heterocycles. The fourth-order valence-corrected chi connectivity index (χ4v) is 1.75. The number of piperidine rings is 1. The zero-order chi connectivity index (χ0) is 9.19. The van der Waals surface area contributed by atoms with Gasteiger partial charge in [-0.25, -0.2) is 0 Å². The van der Waals surface area contributed by atoms with E-state index in [1.807, 2.05) is 0 Å². The molecule has 1 N–H and O–H groups in total. The third kappa shape index (κ3) is 3.55. The summed E-state index contributed by atoms with van der Waals surface area (Å²) in [6, 6.07) is 0. The van der Waals surface area contributed by atoms with Gasteiger partial charge in [-0.05, 0) is 18.3 Å². The van der Waals surface area contributed by atoms with E-state index >= 15 is 0 Å². The fourth-order valence-electron chi connectivity index (χ4n) is 1.75. The molecule has 72 valence electrons. The summed E-state index contributed by atoms with van der Waals surface area (Å²) in [5, 5.41) is 9.30. The molecule has 0 amide bonds. The van der Waals surface area contributed by atoms with E-state index in [4.69, 9.17) is 0 Å². The summed E-state index contributed by atoms with van der Waals surface area (Å²) < 4.78 is 0. The van der Waals surface area contributed by atoms with E-state index in [1.165, 1.54) is 0 Å². The second kappa shape index (κ2) is 3.75. The Hall–Kier alpha value is -0.0800. The van der Waals surface area contributed by atoms with Gasteiger partial charge in [0.05, 0.1) is 6.10 Å². The van der Waals surface area contributed by atoms with E-state index in [1.54, 1.807) is 0 Å². The predicted molar refractivity (Wildman–Crippen MR) is 51.1 cm³/mol. The molecule has 0 aromatic carbocycles. The van der Waals surface area contributed by atoms with Crippen molar-refractivity contribution in [3.05, 3.63) is 0 Å². The normalized spacial score (nSPS) is 23.0. The molecule has 0 bridgehead atoms. The maximum Gasteiger partial charge on any atom is 0.0564 e. The van der Waals surface area contributed by atoms with Crippen LogP contribution in [-0.4, -0.2) is 35.7 Å². The number of likely N-dealkylation sites (tertiary alicyclic amines) is 1. The maximum atomic E-state index is 9.30.